The van der Waals surface area contributed by atoms with Crippen LogP contribution in [0.3, 0.4) is 0 Å². The first-order chi connectivity index (χ1) is 7.33. The van der Waals surface area contributed by atoms with E-state index in [0.29, 0.717) is 6.42 Å². The maximum Gasteiger partial charge on any atom is 0.335 e. The molecule has 0 saturated heterocycles. The molecule has 1 rings (SSSR count). The number of hydrogen-bond acceptors (Lipinski definition) is 3. The molecular weight excluding hydrogens is 190 g/mol. The van der Waals surface area contributed by atoms with Gasteiger partial charge in [-0.05, 0) is 12.0 Å². The maximum absolute atomic E-state index is 11.1. The van der Waals surface area contributed by atoms with Crippen LogP contribution in [0.4, 0.5) is 0 Å². The lowest BCUT2D eigenvalue weighted by molar-refractivity contribution is -0.143. The van der Waals surface area contributed by atoms with E-state index in [4.69, 9.17) is 0 Å². The lowest BCUT2D eigenvalue weighted by atomic mass is 10.2. The third kappa shape index (κ3) is 4.96. The molecule has 0 radical (unpaired) electrons. The van der Waals surface area contributed by atoms with E-state index in [1.807, 2.05) is 37.3 Å². The summed E-state index contributed by atoms with van der Waals surface area (Å²) in [5.74, 6) is -0.274. The van der Waals surface area contributed by atoms with Crippen molar-refractivity contribution in [1.82, 2.24) is 0 Å². The Morgan fingerprint density at radius 2 is 2.13 bits per heavy atom. The first-order valence-corrected chi connectivity index (χ1v) is 5.11. The van der Waals surface area contributed by atoms with E-state index in [1.54, 1.807) is 0 Å². The molecule has 0 N–H and O–H groups in total. The first kappa shape index (κ1) is 11.4. The van der Waals surface area contributed by atoms with Gasteiger partial charge in [-0.3, -0.25) is 0 Å². The van der Waals surface area contributed by atoms with Crippen LogP contribution in [0.2, 0.25) is 0 Å². The summed E-state index contributed by atoms with van der Waals surface area (Å²) < 4.78 is 0. The first-order valence-electron chi connectivity index (χ1n) is 5.11. The van der Waals surface area contributed by atoms with Gasteiger partial charge in [-0.1, -0.05) is 48.8 Å². The summed E-state index contributed by atoms with van der Waals surface area (Å²) >= 11 is 0. The van der Waals surface area contributed by atoms with E-state index in [9.17, 15) is 4.79 Å². The van der Waals surface area contributed by atoms with Gasteiger partial charge in [0.2, 0.25) is 0 Å². The van der Waals surface area contributed by atoms with Crippen LogP contribution in [0, 0.1) is 0 Å². The quantitative estimate of drug-likeness (QED) is 0.421. The van der Waals surface area contributed by atoms with Gasteiger partial charge in [0.15, 0.2) is 0 Å². The number of carbonyl (C=O) groups is 1. The molecular formula is C12H15NO2. The van der Waals surface area contributed by atoms with Crippen LogP contribution >= 0.6 is 0 Å². The molecule has 0 spiro atoms. The van der Waals surface area contributed by atoms with Gasteiger partial charge in [0.1, 0.15) is 0 Å². The van der Waals surface area contributed by atoms with Crippen molar-refractivity contribution in [3.8, 4) is 0 Å². The van der Waals surface area contributed by atoms with Gasteiger partial charge >= 0.3 is 5.97 Å². The highest BCUT2D eigenvalue weighted by atomic mass is 16.7. The number of oxime groups is 1. The summed E-state index contributed by atoms with van der Waals surface area (Å²) in [6.45, 7) is 2.03. The minimum absolute atomic E-state index is 0.274. The Bertz CT molecular complexity index is 320. The Morgan fingerprint density at radius 3 is 2.80 bits per heavy atom. The molecule has 1 aromatic carbocycles. The van der Waals surface area contributed by atoms with Crippen molar-refractivity contribution in [3.63, 3.8) is 0 Å². The molecule has 0 heterocycles. The van der Waals surface area contributed by atoms with Crippen molar-refractivity contribution >= 4 is 12.2 Å². The van der Waals surface area contributed by atoms with Crippen LogP contribution in [0.5, 0.6) is 0 Å². The Kier molecular flexibility index (Phi) is 5.15. The molecule has 3 nitrogen and oxygen atoms in total. The monoisotopic (exact) mass is 205 g/mol. The number of nitrogens with zero attached hydrogens (tertiary/aromatic N) is 1. The predicted octanol–water partition coefficient (Wildman–Crippen LogP) is 2.75. The molecule has 0 amide bonds. The summed E-state index contributed by atoms with van der Waals surface area (Å²) in [6, 6.07) is 9.51. The number of carbonyl (C=O) groups excluding carboxylic acids is 1. The fourth-order valence-corrected chi connectivity index (χ4v) is 1.05. The molecule has 3 heteroatoms. The van der Waals surface area contributed by atoms with E-state index < -0.39 is 0 Å². The molecule has 0 aliphatic rings. The zero-order chi connectivity index (χ0) is 10.9. The van der Waals surface area contributed by atoms with E-state index in [0.717, 1.165) is 18.4 Å². The Hall–Kier alpha value is -1.64. The zero-order valence-corrected chi connectivity index (χ0v) is 8.85. The zero-order valence-electron chi connectivity index (χ0n) is 8.85. The smallest absolute Gasteiger partial charge is 0.318 e. The largest absolute Gasteiger partial charge is 0.335 e. The van der Waals surface area contributed by atoms with E-state index >= 15 is 0 Å². The molecule has 0 atom stereocenters. The molecule has 0 bridgehead atoms. The number of benzene rings is 1. The van der Waals surface area contributed by atoms with Gasteiger partial charge in [-0.15, -0.1) is 0 Å². The minimum Gasteiger partial charge on any atom is -0.318 e. The van der Waals surface area contributed by atoms with E-state index in [2.05, 4.69) is 9.99 Å². The number of rotatable bonds is 5. The summed E-state index contributed by atoms with van der Waals surface area (Å²) in [7, 11) is 0. The van der Waals surface area contributed by atoms with Crippen LogP contribution in [-0.4, -0.2) is 12.2 Å². The molecule has 0 fully saturated rings. The normalized spacial score (nSPS) is 10.5. The average Bonchev–Trinajstić information content (AvgIpc) is 2.28. The number of hydrogen-bond donors (Lipinski definition) is 0. The van der Waals surface area contributed by atoms with Gasteiger partial charge in [-0.2, -0.15) is 0 Å². The highest BCUT2D eigenvalue weighted by Gasteiger charge is 1.99. The van der Waals surface area contributed by atoms with Gasteiger partial charge in [0, 0.05) is 6.42 Å². The topological polar surface area (TPSA) is 38.7 Å². The van der Waals surface area contributed by atoms with Crippen molar-refractivity contribution in [2.45, 2.75) is 26.2 Å². The molecule has 15 heavy (non-hydrogen) atoms. The van der Waals surface area contributed by atoms with Crippen LogP contribution in [0.15, 0.2) is 35.5 Å². The summed E-state index contributed by atoms with van der Waals surface area (Å²) in [6.07, 6.45) is 3.80. The number of unbranched alkanes of at least 4 members (excludes halogenated alkanes) is 1. The van der Waals surface area contributed by atoms with Gasteiger partial charge in [0.25, 0.3) is 0 Å². The van der Waals surface area contributed by atoms with Crippen molar-refractivity contribution in [3.05, 3.63) is 35.9 Å². The van der Waals surface area contributed by atoms with Crippen molar-refractivity contribution in [1.29, 1.82) is 0 Å². The highest BCUT2D eigenvalue weighted by Crippen LogP contribution is 1.98. The summed E-state index contributed by atoms with van der Waals surface area (Å²) in [5.41, 5.74) is 0.917. The molecule has 0 aromatic heterocycles. The second kappa shape index (κ2) is 6.76. The maximum atomic E-state index is 11.1. The molecule has 0 aliphatic heterocycles. The Balaban J connectivity index is 2.31. The lowest BCUT2D eigenvalue weighted by Crippen LogP contribution is -1.99. The van der Waals surface area contributed by atoms with Gasteiger partial charge in [0.05, 0.1) is 6.21 Å². The van der Waals surface area contributed by atoms with Crippen molar-refractivity contribution in [2.75, 3.05) is 0 Å². The van der Waals surface area contributed by atoms with Crippen molar-refractivity contribution in [2.24, 2.45) is 5.16 Å². The Labute approximate surface area is 89.7 Å². The predicted molar refractivity (Wildman–Crippen MR) is 59.7 cm³/mol. The second-order valence-electron chi connectivity index (χ2n) is 3.21. The van der Waals surface area contributed by atoms with Crippen LogP contribution < -0.4 is 0 Å². The third-order valence-electron chi connectivity index (χ3n) is 1.89. The fourth-order valence-electron chi connectivity index (χ4n) is 1.05. The third-order valence-corrected chi connectivity index (χ3v) is 1.89. The van der Waals surface area contributed by atoms with E-state index in [1.165, 1.54) is 6.21 Å². The second-order valence-corrected chi connectivity index (χ2v) is 3.21. The summed E-state index contributed by atoms with van der Waals surface area (Å²) in [4.78, 5) is 15.7. The van der Waals surface area contributed by atoms with Crippen LogP contribution in [0.1, 0.15) is 31.7 Å². The SMILES string of the molecule is CCCCC(=O)ON=Cc1ccccc1. The van der Waals surface area contributed by atoms with Crippen molar-refractivity contribution < 1.29 is 9.63 Å². The minimum atomic E-state index is -0.274. The molecule has 1 aromatic rings. The van der Waals surface area contributed by atoms with Gasteiger partial charge < -0.3 is 4.84 Å². The summed E-state index contributed by atoms with van der Waals surface area (Å²) in [5, 5.41) is 3.62. The highest BCUT2D eigenvalue weighted by molar-refractivity contribution is 5.80. The fraction of sp³-hybridized carbons (Fsp3) is 0.333. The average molecular weight is 205 g/mol. The van der Waals surface area contributed by atoms with Gasteiger partial charge in [-0.25, -0.2) is 4.79 Å². The van der Waals surface area contributed by atoms with Crippen LogP contribution in [0.25, 0.3) is 0 Å². The molecule has 0 saturated carbocycles. The lowest BCUT2D eigenvalue weighted by Gasteiger charge is -1.95. The van der Waals surface area contributed by atoms with E-state index in [-0.39, 0.29) is 5.97 Å². The standard InChI is InChI=1S/C12H15NO2/c1-2-3-9-12(14)15-13-10-11-7-5-4-6-8-11/h4-8,10H,2-3,9H2,1H3. The van der Waals surface area contributed by atoms with Crippen LogP contribution in [-0.2, 0) is 9.63 Å². The Morgan fingerprint density at radius 1 is 1.40 bits per heavy atom. The molecule has 0 aliphatic carbocycles. The molecule has 0 unspecified atom stereocenters. The molecule has 80 valence electrons.